The van der Waals surface area contributed by atoms with E-state index >= 15 is 0 Å². The molecule has 0 fully saturated rings. The van der Waals surface area contributed by atoms with Crippen LogP contribution in [0.3, 0.4) is 0 Å². The number of amides is 1. The van der Waals surface area contributed by atoms with Crippen LogP contribution in [0.4, 0.5) is 15.8 Å². The number of carbonyl (C=O) groups is 1. The smallest absolute Gasteiger partial charge is 0.271 e. The van der Waals surface area contributed by atoms with Crippen molar-refractivity contribution < 1.29 is 14.1 Å². The van der Waals surface area contributed by atoms with Crippen LogP contribution in [0.2, 0.25) is 5.02 Å². The second-order valence-corrected chi connectivity index (χ2v) is 5.78. The van der Waals surface area contributed by atoms with Crippen LogP contribution in [-0.2, 0) is 11.2 Å². The minimum Gasteiger partial charge on any atom is -0.389 e. The van der Waals surface area contributed by atoms with Gasteiger partial charge in [0.1, 0.15) is 17.5 Å². The lowest BCUT2D eigenvalue weighted by atomic mass is 10.1. The summed E-state index contributed by atoms with van der Waals surface area (Å²) in [6.07, 6.45) is 1.80. The Morgan fingerprint density at radius 1 is 1.30 bits per heavy atom. The summed E-state index contributed by atoms with van der Waals surface area (Å²) in [5.74, 6) is -1.08. The summed E-state index contributed by atoms with van der Waals surface area (Å²) >= 11 is 5.92. The van der Waals surface area contributed by atoms with E-state index in [4.69, 9.17) is 16.9 Å². The summed E-state index contributed by atoms with van der Waals surface area (Å²) < 4.78 is 12.8. The van der Waals surface area contributed by atoms with Crippen molar-refractivity contribution in [3.05, 3.63) is 80.8 Å². The Bertz CT molecular complexity index is 923. The van der Waals surface area contributed by atoms with Gasteiger partial charge in [-0.3, -0.25) is 14.9 Å². The van der Waals surface area contributed by atoms with Gasteiger partial charge in [0.05, 0.1) is 15.6 Å². The fourth-order valence-corrected chi connectivity index (χ4v) is 2.27. The molecule has 27 heavy (non-hydrogen) atoms. The molecule has 0 spiro atoms. The molecule has 0 saturated heterocycles. The van der Waals surface area contributed by atoms with E-state index in [9.17, 15) is 19.3 Å². The SMILES string of the molecule is N#C/C(=C/NCCc1ccc(F)cc1)C(=O)Nc1cc([N+](=O)[O-])ccc1Cl. The second-order valence-electron chi connectivity index (χ2n) is 5.38. The van der Waals surface area contributed by atoms with Gasteiger partial charge in [-0.1, -0.05) is 23.7 Å². The van der Waals surface area contributed by atoms with Gasteiger partial charge in [-0.15, -0.1) is 0 Å². The Hall–Kier alpha value is -3.44. The molecule has 0 aliphatic carbocycles. The van der Waals surface area contributed by atoms with E-state index in [2.05, 4.69) is 10.6 Å². The average Bonchev–Trinajstić information content (AvgIpc) is 2.64. The number of anilines is 1. The van der Waals surface area contributed by atoms with Crippen LogP contribution in [0.15, 0.2) is 54.2 Å². The topological polar surface area (TPSA) is 108 Å². The Morgan fingerprint density at radius 2 is 2.00 bits per heavy atom. The highest BCUT2D eigenvalue weighted by molar-refractivity contribution is 6.34. The van der Waals surface area contributed by atoms with Crippen LogP contribution in [0.5, 0.6) is 0 Å². The highest BCUT2D eigenvalue weighted by Crippen LogP contribution is 2.26. The molecule has 0 aromatic heterocycles. The monoisotopic (exact) mass is 388 g/mol. The van der Waals surface area contributed by atoms with Gasteiger partial charge in [0.15, 0.2) is 0 Å². The number of hydrogen-bond acceptors (Lipinski definition) is 5. The maximum absolute atomic E-state index is 12.8. The third-order valence-electron chi connectivity index (χ3n) is 3.49. The summed E-state index contributed by atoms with van der Waals surface area (Å²) in [6, 6.07) is 11.3. The van der Waals surface area contributed by atoms with Crippen LogP contribution in [0.1, 0.15) is 5.56 Å². The maximum atomic E-state index is 12.8. The van der Waals surface area contributed by atoms with E-state index in [1.807, 2.05) is 0 Å². The van der Waals surface area contributed by atoms with E-state index in [0.29, 0.717) is 13.0 Å². The Balaban J connectivity index is 1.98. The largest absolute Gasteiger partial charge is 0.389 e. The first kappa shape index (κ1) is 19.9. The number of benzene rings is 2. The number of nitro groups is 1. The van der Waals surface area contributed by atoms with Gasteiger partial charge in [0, 0.05) is 24.9 Å². The molecule has 2 aromatic rings. The molecule has 2 aromatic carbocycles. The van der Waals surface area contributed by atoms with Crippen molar-refractivity contribution in [1.82, 2.24) is 5.32 Å². The summed E-state index contributed by atoms with van der Waals surface area (Å²) in [5, 5.41) is 25.2. The molecule has 1 amide bonds. The van der Waals surface area contributed by atoms with Gasteiger partial charge >= 0.3 is 0 Å². The first-order valence-electron chi connectivity index (χ1n) is 7.74. The first-order chi connectivity index (χ1) is 12.9. The fourth-order valence-electron chi connectivity index (χ4n) is 2.10. The second kappa shape index (κ2) is 9.31. The molecule has 2 rings (SSSR count). The van der Waals surface area contributed by atoms with Crippen LogP contribution in [0.25, 0.3) is 0 Å². The summed E-state index contributed by atoms with van der Waals surface area (Å²) in [4.78, 5) is 22.4. The van der Waals surface area contributed by atoms with Gasteiger partial charge in [-0.05, 0) is 30.2 Å². The zero-order chi connectivity index (χ0) is 19.8. The minimum absolute atomic E-state index is 0.0309. The number of nitriles is 1. The van der Waals surface area contributed by atoms with Crippen LogP contribution >= 0.6 is 11.6 Å². The van der Waals surface area contributed by atoms with E-state index < -0.39 is 10.8 Å². The number of nitrogens with zero attached hydrogens (tertiary/aromatic N) is 2. The van der Waals surface area contributed by atoms with Gasteiger partial charge in [0.2, 0.25) is 0 Å². The normalized spacial score (nSPS) is 10.8. The molecule has 0 radical (unpaired) electrons. The zero-order valence-electron chi connectivity index (χ0n) is 13.9. The molecular weight excluding hydrogens is 375 g/mol. The van der Waals surface area contributed by atoms with Crippen molar-refractivity contribution in [2.24, 2.45) is 0 Å². The van der Waals surface area contributed by atoms with Crippen LogP contribution < -0.4 is 10.6 Å². The highest BCUT2D eigenvalue weighted by atomic mass is 35.5. The lowest BCUT2D eigenvalue weighted by molar-refractivity contribution is -0.384. The summed E-state index contributed by atoms with van der Waals surface area (Å²) in [5.41, 5.74) is 0.457. The average molecular weight is 389 g/mol. The highest BCUT2D eigenvalue weighted by Gasteiger charge is 2.14. The van der Waals surface area contributed by atoms with E-state index in [-0.39, 0.29) is 27.8 Å². The predicted molar refractivity (Wildman–Crippen MR) is 98.5 cm³/mol. The number of carbonyl (C=O) groups excluding carboxylic acids is 1. The van der Waals surface area contributed by atoms with E-state index in [0.717, 1.165) is 11.6 Å². The third kappa shape index (κ3) is 5.80. The molecule has 2 N–H and O–H groups in total. The van der Waals surface area contributed by atoms with Crippen molar-refractivity contribution in [2.45, 2.75) is 6.42 Å². The third-order valence-corrected chi connectivity index (χ3v) is 3.82. The number of nitrogens with one attached hydrogen (secondary N) is 2. The van der Waals surface area contributed by atoms with Gasteiger partial charge in [0.25, 0.3) is 11.6 Å². The van der Waals surface area contributed by atoms with Crippen molar-refractivity contribution in [1.29, 1.82) is 5.26 Å². The number of non-ortho nitro benzene ring substituents is 1. The van der Waals surface area contributed by atoms with Gasteiger partial charge in [-0.2, -0.15) is 5.26 Å². The van der Waals surface area contributed by atoms with Crippen molar-refractivity contribution in [2.75, 3.05) is 11.9 Å². The van der Waals surface area contributed by atoms with E-state index in [1.165, 1.54) is 30.5 Å². The Kier molecular flexibility index (Phi) is 6.86. The maximum Gasteiger partial charge on any atom is 0.271 e. The van der Waals surface area contributed by atoms with Gasteiger partial charge < -0.3 is 10.6 Å². The molecule has 138 valence electrons. The molecule has 0 atom stereocenters. The fraction of sp³-hybridized carbons (Fsp3) is 0.111. The molecule has 0 heterocycles. The van der Waals surface area contributed by atoms with Crippen molar-refractivity contribution in [3.63, 3.8) is 0 Å². The molecule has 0 bridgehead atoms. The number of rotatable bonds is 7. The summed E-state index contributed by atoms with van der Waals surface area (Å²) in [7, 11) is 0. The Morgan fingerprint density at radius 3 is 2.63 bits per heavy atom. The van der Waals surface area contributed by atoms with Crippen LogP contribution in [-0.4, -0.2) is 17.4 Å². The van der Waals surface area contributed by atoms with Crippen molar-refractivity contribution >= 4 is 28.9 Å². The number of hydrogen-bond donors (Lipinski definition) is 2. The Labute approximate surface area is 159 Å². The lowest BCUT2D eigenvalue weighted by Gasteiger charge is -2.07. The zero-order valence-corrected chi connectivity index (χ0v) is 14.7. The minimum atomic E-state index is -0.755. The number of nitro benzene ring substituents is 1. The van der Waals surface area contributed by atoms with Gasteiger partial charge in [-0.25, -0.2) is 4.39 Å². The lowest BCUT2D eigenvalue weighted by Crippen LogP contribution is -2.18. The molecule has 7 nitrogen and oxygen atoms in total. The number of halogens is 2. The quantitative estimate of drug-likeness (QED) is 0.248. The first-order valence-corrected chi connectivity index (χ1v) is 8.12. The molecule has 0 aliphatic heterocycles. The van der Waals surface area contributed by atoms with Crippen molar-refractivity contribution in [3.8, 4) is 6.07 Å². The van der Waals surface area contributed by atoms with Crippen LogP contribution in [0, 0.1) is 27.3 Å². The molecule has 0 unspecified atom stereocenters. The molecule has 0 saturated carbocycles. The summed E-state index contributed by atoms with van der Waals surface area (Å²) in [6.45, 7) is 0.418. The van der Waals surface area contributed by atoms with E-state index in [1.54, 1.807) is 18.2 Å². The molecule has 9 heteroatoms. The predicted octanol–water partition coefficient (Wildman–Crippen LogP) is 3.57. The standard InChI is InChI=1S/C18H14ClFN4O3/c19-16-6-5-15(24(26)27)9-17(16)23-18(25)13(10-21)11-22-8-7-12-1-3-14(20)4-2-12/h1-6,9,11,22H,7-8H2,(H,23,25)/b13-11-. The molecular formula is C18H14ClFN4O3. The molecule has 0 aliphatic rings.